The van der Waals surface area contributed by atoms with Crippen LogP contribution in [-0.4, -0.2) is 13.1 Å². The lowest BCUT2D eigenvalue weighted by atomic mass is 9.78. The summed E-state index contributed by atoms with van der Waals surface area (Å²) in [5.41, 5.74) is 1.47. The van der Waals surface area contributed by atoms with Crippen molar-refractivity contribution in [2.24, 2.45) is 5.41 Å². The Labute approximate surface area is 103 Å². The molecule has 1 saturated carbocycles. The van der Waals surface area contributed by atoms with Gasteiger partial charge in [-0.1, -0.05) is 31.9 Å². The Morgan fingerprint density at radius 2 is 2.06 bits per heavy atom. The fourth-order valence-corrected chi connectivity index (χ4v) is 3.13. The van der Waals surface area contributed by atoms with E-state index in [2.05, 4.69) is 12.2 Å². The second-order valence-electron chi connectivity index (χ2n) is 5.54. The zero-order chi connectivity index (χ0) is 12.3. The first-order chi connectivity index (χ1) is 8.14. The van der Waals surface area contributed by atoms with Crippen molar-refractivity contribution in [3.8, 4) is 0 Å². The summed E-state index contributed by atoms with van der Waals surface area (Å²) in [6, 6.07) is 7.43. The van der Waals surface area contributed by atoms with Crippen LogP contribution in [0.5, 0.6) is 0 Å². The first-order valence-electron chi connectivity index (χ1n) is 6.56. The van der Waals surface area contributed by atoms with Crippen molar-refractivity contribution in [2.45, 2.75) is 45.1 Å². The number of rotatable bonds is 4. The first kappa shape index (κ1) is 12.6. The number of nitrogens with one attached hydrogen (secondary N) is 1. The van der Waals surface area contributed by atoms with Gasteiger partial charge in [0.25, 0.3) is 0 Å². The summed E-state index contributed by atoms with van der Waals surface area (Å²) in [7, 11) is 2.02. The van der Waals surface area contributed by atoms with E-state index in [0.29, 0.717) is 11.5 Å². The Bertz CT molecular complexity index is 369. The Hall–Kier alpha value is -0.890. The van der Waals surface area contributed by atoms with Crippen LogP contribution in [0.1, 0.15) is 38.2 Å². The maximum Gasteiger partial charge on any atom is 0.123 e. The summed E-state index contributed by atoms with van der Waals surface area (Å²) in [6.07, 6.45) is 6.15. The van der Waals surface area contributed by atoms with Crippen molar-refractivity contribution in [1.82, 2.24) is 5.32 Å². The molecule has 1 unspecified atom stereocenters. The van der Waals surface area contributed by atoms with Gasteiger partial charge < -0.3 is 5.32 Å². The molecule has 1 atom stereocenters. The lowest BCUT2D eigenvalue weighted by Crippen LogP contribution is -2.41. The maximum absolute atomic E-state index is 13.2. The molecule has 0 saturated heterocycles. The molecule has 1 aliphatic carbocycles. The van der Waals surface area contributed by atoms with Gasteiger partial charge in [-0.2, -0.15) is 0 Å². The van der Waals surface area contributed by atoms with Crippen molar-refractivity contribution in [2.75, 3.05) is 7.05 Å². The van der Waals surface area contributed by atoms with E-state index in [0.717, 1.165) is 12.0 Å². The number of hydrogen-bond donors (Lipinski definition) is 1. The SMILES string of the molecule is CNC(Cc1cccc(F)c1)C1(C)CCCC1. The second kappa shape index (κ2) is 5.18. The fraction of sp³-hybridized carbons (Fsp3) is 0.600. The minimum absolute atomic E-state index is 0.131. The van der Waals surface area contributed by atoms with Gasteiger partial charge in [-0.05, 0) is 49.4 Å². The molecule has 94 valence electrons. The van der Waals surface area contributed by atoms with Gasteiger partial charge in [-0.25, -0.2) is 4.39 Å². The van der Waals surface area contributed by atoms with E-state index in [9.17, 15) is 4.39 Å². The normalized spacial score (nSPS) is 20.4. The topological polar surface area (TPSA) is 12.0 Å². The molecular formula is C15H22FN. The van der Waals surface area contributed by atoms with Gasteiger partial charge in [-0.3, -0.25) is 0 Å². The van der Waals surface area contributed by atoms with Crippen LogP contribution in [0.15, 0.2) is 24.3 Å². The van der Waals surface area contributed by atoms with Gasteiger partial charge in [0.2, 0.25) is 0 Å². The van der Waals surface area contributed by atoms with Crippen LogP contribution in [0.3, 0.4) is 0 Å². The van der Waals surface area contributed by atoms with Crippen molar-refractivity contribution in [3.05, 3.63) is 35.6 Å². The van der Waals surface area contributed by atoms with Gasteiger partial charge in [0.05, 0.1) is 0 Å². The highest BCUT2D eigenvalue weighted by Gasteiger charge is 2.35. The summed E-state index contributed by atoms with van der Waals surface area (Å²) in [5, 5.41) is 3.43. The lowest BCUT2D eigenvalue weighted by Gasteiger charge is -2.34. The molecule has 0 aliphatic heterocycles. The highest BCUT2D eigenvalue weighted by Crippen LogP contribution is 2.41. The molecule has 0 bridgehead atoms. The molecule has 2 rings (SSSR count). The molecule has 1 fully saturated rings. The van der Waals surface area contributed by atoms with Crippen molar-refractivity contribution < 1.29 is 4.39 Å². The van der Waals surface area contributed by atoms with E-state index < -0.39 is 0 Å². The molecule has 2 heteroatoms. The van der Waals surface area contributed by atoms with Crippen molar-refractivity contribution >= 4 is 0 Å². The molecule has 0 spiro atoms. The van der Waals surface area contributed by atoms with Gasteiger partial charge in [0.1, 0.15) is 5.82 Å². The molecule has 1 aliphatic rings. The molecule has 0 heterocycles. The lowest BCUT2D eigenvalue weighted by molar-refractivity contribution is 0.229. The first-order valence-corrected chi connectivity index (χ1v) is 6.56. The Morgan fingerprint density at radius 3 is 2.65 bits per heavy atom. The average Bonchev–Trinajstić information content (AvgIpc) is 2.74. The minimum Gasteiger partial charge on any atom is -0.316 e. The average molecular weight is 235 g/mol. The van der Waals surface area contributed by atoms with Crippen molar-refractivity contribution in [3.63, 3.8) is 0 Å². The third-order valence-corrected chi connectivity index (χ3v) is 4.26. The predicted octanol–water partition coefficient (Wildman–Crippen LogP) is 3.54. The number of likely N-dealkylation sites (N-methyl/N-ethyl adjacent to an activating group) is 1. The summed E-state index contributed by atoms with van der Waals surface area (Å²) < 4.78 is 13.2. The molecule has 1 aromatic rings. The zero-order valence-electron chi connectivity index (χ0n) is 10.8. The van der Waals surface area contributed by atoms with Gasteiger partial charge in [0, 0.05) is 6.04 Å². The van der Waals surface area contributed by atoms with Crippen LogP contribution < -0.4 is 5.32 Å². The zero-order valence-corrected chi connectivity index (χ0v) is 10.8. The quantitative estimate of drug-likeness (QED) is 0.841. The van der Waals surface area contributed by atoms with Crippen LogP contribution in [-0.2, 0) is 6.42 Å². The van der Waals surface area contributed by atoms with E-state index in [-0.39, 0.29) is 5.82 Å². The van der Waals surface area contributed by atoms with Crippen LogP contribution in [0, 0.1) is 11.2 Å². The molecule has 0 radical (unpaired) electrons. The van der Waals surface area contributed by atoms with E-state index >= 15 is 0 Å². The summed E-state index contributed by atoms with van der Waals surface area (Å²) in [6.45, 7) is 2.36. The van der Waals surface area contributed by atoms with Crippen LogP contribution in [0.2, 0.25) is 0 Å². The third-order valence-electron chi connectivity index (χ3n) is 4.26. The Balaban J connectivity index is 2.09. The van der Waals surface area contributed by atoms with Gasteiger partial charge >= 0.3 is 0 Å². The highest BCUT2D eigenvalue weighted by atomic mass is 19.1. The largest absolute Gasteiger partial charge is 0.316 e. The van der Waals surface area contributed by atoms with Gasteiger partial charge in [-0.15, -0.1) is 0 Å². The highest BCUT2D eigenvalue weighted by molar-refractivity contribution is 5.18. The molecule has 17 heavy (non-hydrogen) atoms. The second-order valence-corrected chi connectivity index (χ2v) is 5.54. The van der Waals surface area contributed by atoms with Crippen molar-refractivity contribution in [1.29, 1.82) is 0 Å². The molecule has 1 nitrogen and oxygen atoms in total. The number of hydrogen-bond acceptors (Lipinski definition) is 1. The third kappa shape index (κ3) is 2.86. The summed E-state index contributed by atoms with van der Waals surface area (Å²) in [5.74, 6) is -0.131. The van der Waals surface area contributed by atoms with E-state index in [1.54, 1.807) is 12.1 Å². The molecule has 1 aromatic carbocycles. The Morgan fingerprint density at radius 1 is 1.35 bits per heavy atom. The molecular weight excluding hydrogens is 213 g/mol. The minimum atomic E-state index is -0.131. The van der Waals surface area contributed by atoms with Crippen LogP contribution in [0.4, 0.5) is 4.39 Å². The number of halogens is 1. The maximum atomic E-state index is 13.2. The summed E-state index contributed by atoms with van der Waals surface area (Å²) in [4.78, 5) is 0. The Kier molecular flexibility index (Phi) is 3.82. The smallest absolute Gasteiger partial charge is 0.123 e. The molecule has 0 amide bonds. The van der Waals surface area contributed by atoms with Crippen LogP contribution >= 0.6 is 0 Å². The molecule has 1 N–H and O–H groups in total. The van der Waals surface area contributed by atoms with E-state index in [4.69, 9.17) is 0 Å². The molecule has 0 aromatic heterocycles. The van der Waals surface area contributed by atoms with E-state index in [1.165, 1.54) is 31.7 Å². The van der Waals surface area contributed by atoms with Crippen LogP contribution in [0.25, 0.3) is 0 Å². The summed E-state index contributed by atoms with van der Waals surface area (Å²) >= 11 is 0. The standard InChI is InChI=1S/C15H22FN/c1-15(8-3-4-9-15)14(17-2)11-12-6-5-7-13(16)10-12/h5-7,10,14,17H,3-4,8-9,11H2,1-2H3. The van der Waals surface area contributed by atoms with Gasteiger partial charge in [0.15, 0.2) is 0 Å². The number of benzene rings is 1. The monoisotopic (exact) mass is 235 g/mol. The fourth-order valence-electron chi connectivity index (χ4n) is 3.13. The predicted molar refractivity (Wildman–Crippen MR) is 69.5 cm³/mol. The van der Waals surface area contributed by atoms with E-state index in [1.807, 2.05) is 13.1 Å².